The molecule has 1 aromatic rings. The number of ether oxygens (including phenoxy) is 1. The van der Waals surface area contributed by atoms with E-state index >= 15 is 0 Å². The Balaban J connectivity index is 1.98. The Kier molecular flexibility index (Phi) is 5.41. The lowest BCUT2D eigenvalue weighted by atomic mass is 9.66. The van der Waals surface area contributed by atoms with Crippen molar-refractivity contribution in [1.29, 1.82) is 0 Å². The van der Waals surface area contributed by atoms with E-state index in [-0.39, 0.29) is 18.7 Å². The van der Waals surface area contributed by atoms with Crippen molar-refractivity contribution in [2.45, 2.75) is 38.8 Å². The van der Waals surface area contributed by atoms with Crippen LogP contribution in [-0.4, -0.2) is 23.6 Å². The van der Waals surface area contributed by atoms with Crippen LogP contribution in [0, 0.1) is 5.41 Å². The number of carboxylic acid groups (broad SMARTS) is 1. The molecule has 0 bridgehead atoms. The summed E-state index contributed by atoms with van der Waals surface area (Å²) in [5, 5.41) is 12.0. The van der Waals surface area contributed by atoms with Crippen LogP contribution in [0.15, 0.2) is 18.2 Å². The first-order valence-corrected chi connectivity index (χ1v) is 7.43. The number of carbonyl (C=O) groups excluding carboxylic acids is 1. The van der Waals surface area contributed by atoms with E-state index in [0.29, 0.717) is 23.4 Å². The normalized spacial score (nSPS) is 15.8. The van der Waals surface area contributed by atoms with Crippen LogP contribution in [0.25, 0.3) is 0 Å². The Morgan fingerprint density at radius 3 is 2.61 bits per heavy atom. The molecule has 0 aromatic heterocycles. The van der Waals surface area contributed by atoms with Gasteiger partial charge in [-0.2, -0.15) is 8.78 Å². The number of nitrogens with one attached hydrogen (secondary N) is 1. The van der Waals surface area contributed by atoms with Gasteiger partial charge in [-0.15, -0.1) is 0 Å². The van der Waals surface area contributed by atoms with Crippen LogP contribution >= 0.6 is 11.6 Å². The number of alkyl halides is 2. The van der Waals surface area contributed by atoms with Gasteiger partial charge in [0.1, 0.15) is 5.75 Å². The van der Waals surface area contributed by atoms with Crippen LogP contribution in [0.1, 0.15) is 31.2 Å². The fourth-order valence-corrected chi connectivity index (χ4v) is 2.73. The van der Waals surface area contributed by atoms with Gasteiger partial charge < -0.3 is 15.2 Å². The summed E-state index contributed by atoms with van der Waals surface area (Å²) in [5.41, 5.74) is -0.704. The molecule has 2 rings (SSSR count). The standard InChI is InChI=1S/C15H16ClF2NO4/c16-10-2-3-11(23-14(17)18)9(6-10)8-19-12(20)7-15(13(21)22)4-1-5-15/h2-3,6,14H,1,4-5,7-8H2,(H,19,20)(H,21,22). The van der Waals surface area contributed by atoms with Gasteiger partial charge in [-0.25, -0.2) is 0 Å². The highest BCUT2D eigenvalue weighted by atomic mass is 35.5. The number of amides is 1. The van der Waals surface area contributed by atoms with Crippen molar-refractivity contribution in [3.8, 4) is 5.75 Å². The molecule has 0 aliphatic heterocycles. The average molecular weight is 348 g/mol. The molecule has 1 aromatic carbocycles. The highest BCUT2D eigenvalue weighted by molar-refractivity contribution is 6.30. The minimum atomic E-state index is -2.99. The second kappa shape index (κ2) is 7.12. The van der Waals surface area contributed by atoms with E-state index in [9.17, 15) is 23.5 Å². The first-order chi connectivity index (χ1) is 10.8. The average Bonchev–Trinajstić information content (AvgIpc) is 2.42. The number of hydrogen-bond donors (Lipinski definition) is 2. The molecule has 2 N–H and O–H groups in total. The van der Waals surface area contributed by atoms with E-state index in [1.54, 1.807) is 0 Å². The molecule has 126 valence electrons. The second-order valence-electron chi connectivity index (χ2n) is 5.52. The number of hydrogen-bond acceptors (Lipinski definition) is 3. The van der Waals surface area contributed by atoms with Crippen LogP contribution in [0.4, 0.5) is 8.78 Å². The predicted molar refractivity (Wildman–Crippen MR) is 78.5 cm³/mol. The Hall–Kier alpha value is -1.89. The maximum atomic E-state index is 12.4. The van der Waals surface area contributed by atoms with Gasteiger partial charge in [-0.1, -0.05) is 18.0 Å². The number of benzene rings is 1. The van der Waals surface area contributed by atoms with Crippen molar-refractivity contribution in [2.75, 3.05) is 0 Å². The largest absolute Gasteiger partial charge is 0.481 e. The monoisotopic (exact) mass is 347 g/mol. The Morgan fingerprint density at radius 2 is 2.09 bits per heavy atom. The molecule has 0 atom stereocenters. The molecule has 0 radical (unpaired) electrons. The van der Waals surface area contributed by atoms with Gasteiger partial charge in [-0.3, -0.25) is 9.59 Å². The van der Waals surface area contributed by atoms with Gasteiger partial charge >= 0.3 is 12.6 Å². The molecule has 8 heteroatoms. The Labute approximate surface area is 136 Å². The molecule has 1 aliphatic rings. The number of carbonyl (C=O) groups is 2. The van der Waals surface area contributed by atoms with Crippen LogP contribution in [0.2, 0.25) is 5.02 Å². The number of aliphatic carboxylic acids is 1. The fraction of sp³-hybridized carbons (Fsp3) is 0.467. The predicted octanol–water partition coefficient (Wildman–Crippen LogP) is 3.20. The zero-order chi connectivity index (χ0) is 17.0. The topological polar surface area (TPSA) is 75.6 Å². The number of halogens is 3. The molecular formula is C15H16ClF2NO4. The van der Waals surface area contributed by atoms with Gasteiger partial charge in [0.25, 0.3) is 0 Å². The highest BCUT2D eigenvalue weighted by Crippen LogP contribution is 2.44. The van der Waals surface area contributed by atoms with Gasteiger partial charge in [-0.05, 0) is 31.0 Å². The summed E-state index contributed by atoms with van der Waals surface area (Å²) in [6.07, 6.45) is 1.58. The summed E-state index contributed by atoms with van der Waals surface area (Å²) >= 11 is 5.81. The van der Waals surface area contributed by atoms with E-state index in [2.05, 4.69) is 10.1 Å². The Morgan fingerprint density at radius 1 is 1.39 bits per heavy atom. The fourth-order valence-electron chi connectivity index (χ4n) is 2.53. The first kappa shape index (κ1) is 17.5. The van der Waals surface area contributed by atoms with Gasteiger partial charge in [0.15, 0.2) is 0 Å². The smallest absolute Gasteiger partial charge is 0.387 e. The maximum absolute atomic E-state index is 12.4. The van der Waals surface area contributed by atoms with Crippen molar-refractivity contribution in [3.63, 3.8) is 0 Å². The van der Waals surface area contributed by atoms with Gasteiger partial charge in [0, 0.05) is 23.6 Å². The summed E-state index contributed by atoms with van der Waals surface area (Å²) in [5.74, 6) is -1.51. The van der Waals surface area contributed by atoms with Gasteiger partial charge in [0.05, 0.1) is 5.41 Å². The number of carboxylic acids is 1. The molecule has 0 heterocycles. The van der Waals surface area contributed by atoms with Crippen molar-refractivity contribution >= 4 is 23.5 Å². The SMILES string of the molecule is O=C(CC1(C(=O)O)CCC1)NCc1cc(Cl)ccc1OC(F)F. The van der Waals surface area contributed by atoms with Crippen molar-refractivity contribution in [2.24, 2.45) is 5.41 Å². The molecule has 0 saturated heterocycles. The molecule has 5 nitrogen and oxygen atoms in total. The molecule has 1 amide bonds. The van der Waals surface area contributed by atoms with Crippen molar-refractivity contribution < 1.29 is 28.2 Å². The zero-order valence-electron chi connectivity index (χ0n) is 12.2. The summed E-state index contributed by atoms with van der Waals surface area (Å²) in [6.45, 7) is -3.06. The quantitative estimate of drug-likeness (QED) is 0.794. The molecule has 1 fully saturated rings. The molecule has 1 saturated carbocycles. The lowest BCUT2D eigenvalue weighted by Gasteiger charge is -2.36. The lowest BCUT2D eigenvalue weighted by molar-refractivity contribution is -0.157. The molecular weight excluding hydrogens is 332 g/mol. The van der Waals surface area contributed by atoms with Crippen molar-refractivity contribution in [1.82, 2.24) is 5.32 Å². The van der Waals surface area contributed by atoms with Crippen LogP contribution in [-0.2, 0) is 16.1 Å². The van der Waals surface area contributed by atoms with Gasteiger partial charge in [0.2, 0.25) is 5.91 Å². The van der Waals surface area contributed by atoms with E-state index < -0.39 is 23.9 Å². The molecule has 0 unspecified atom stereocenters. The zero-order valence-corrected chi connectivity index (χ0v) is 12.9. The number of rotatable bonds is 7. The summed E-state index contributed by atoms with van der Waals surface area (Å²) in [7, 11) is 0. The van der Waals surface area contributed by atoms with Crippen LogP contribution in [0.5, 0.6) is 5.75 Å². The van der Waals surface area contributed by atoms with E-state index in [4.69, 9.17) is 11.6 Å². The third kappa shape index (κ3) is 4.31. The van der Waals surface area contributed by atoms with Crippen LogP contribution in [0.3, 0.4) is 0 Å². The molecule has 0 spiro atoms. The molecule has 1 aliphatic carbocycles. The van der Waals surface area contributed by atoms with E-state index in [1.165, 1.54) is 18.2 Å². The van der Waals surface area contributed by atoms with E-state index in [0.717, 1.165) is 6.42 Å². The lowest BCUT2D eigenvalue weighted by Crippen LogP contribution is -2.42. The highest BCUT2D eigenvalue weighted by Gasteiger charge is 2.45. The summed E-state index contributed by atoms with van der Waals surface area (Å²) in [6, 6.07) is 4.11. The van der Waals surface area contributed by atoms with Crippen LogP contribution < -0.4 is 10.1 Å². The maximum Gasteiger partial charge on any atom is 0.387 e. The first-order valence-electron chi connectivity index (χ1n) is 7.06. The van der Waals surface area contributed by atoms with Crippen molar-refractivity contribution in [3.05, 3.63) is 28.8 Å². The third-order valence-corrected chi connectivity index (χ3v) is 4.21. The third-order valence-electron chi connectivity index (χ3n) is 3.98. The minimum Gasteiger partial charge on any atom is -0.481 e. The Bertz CT molecular complexity index is 605. The summed E-state index contributed by atoms with van der Waals surface area (Å²) in [4.78, 5) is 23.2. The summed E-state index contributed by atoms with van der Waals surface area (Å²) < 4.78 is 29.1. The molecule has 23 heavy (non-hydrogen) atoms. The second-order valence-corrected chi connectivity index (χ2v) is 5.96. The minimum absolute atomic E-state index is 0.0723. The van der Waals surface area contributed by atoms with E-state index in [1.807, 2.05) is 0 Å².